The van der Waals surface area contributed by atoms with Crippen molar-refractivity contribution in [2.75, 3.05) is 4.90 Å². The van der Waals surface area contributed by atoms with E-state index in [9.17, 15) is 9.59 Å². The Bertz CT molecular complexity index is 2670. The molecule has 0 radical (unpaired) electrons. The summed E-state index contributed by atoms with van der Waals surface area (Å²) >= 11 is 0. The lowest BCUT2D eigenvalue weighted by molar-refractivity contribution is -0.135. The molecule has 1 aliphatic heterocycles. The minimum Gasteiger partial charge on any atom is -0.309 e. The van der Waals surface area contributed by atoms with Crippen LogP contribution in [0.3, 0.4) is 0 Å². The monoisotopic (exact) mass is 648 g/mol. The van der Waals surface area contributed by atoms with E-state index in [1.165, 1.54) is 48.0 Å². The first kappa shape index (κ1) is 29.2. The molecule has 7 aromatic carbocycles. The van der Waals surface area contributed by atoms with Gasteiger partial charge in [-0.2, -0.15) is 0 Å². The van der Waals surface area contributed by atoms with E-state index in [0.717, 1.165) is 53.5 Å². The number of anilines is 1. The van der Waals surface area contributed by atoms with E-state index < -0.39 is 10.8 Å². The van der Waals surface area contributed by atoms with Crippen LogP contribution in [0.4, 0.5) is 5.69 Å². The number of aromatic nitrogens is 1. The molecule has 2 heterocycles. The van der Waals surface area contributed by atoms with Crippen LogP contribution < -0.4 is 4.90 Å². The van der Waals surface area contributed by atoms with E-state index in [1.54, 1.807) is 0 Å². The standard InChI is InChI=1S/C46H36N2O2/c1-45-25-9-10-26-46(45,2)44(50)48(43(45)49)31-20-17-29(18-21-31)30-19-24-42-40(27-30)38-15-7-8-16-41(38)47(42)32-22-23-37-35-13-4-3-11-33(35)34-12-5-6-14-36(34)39(37)28-32/h3-8,11-24,27-28H,9-10,25-26H2,1-2H3. The molecule has 8 aromatic rings. The number of nitrogens with zero attached hydrogens (tertiary/aromatic N) is 2. The first-order valence-corrected chi connectivity index (χ1v) is 17.7. The molecule has 2 fully saturated rings. The summed E-state index contributed by atoms with van der Waals surface area (Å²) in [7, 11) is 0. The van der Waals surface area contributed by atoms with Gasteiger partial charge in [-0.25, -0.2) is 4.90 Å². The predicted octanol–water partition coefficient (Wildman–Crippen LogP) is 11.4. The number of hydrogen-bond donors (Lipinski definition) is 0. The zero-order valence-corrected chi connectivity index (χ0v) is 28.2. The van der Waals surface area contributed by atoms with E-state index >= 15 is 0 Å². The fourth-order valence-electron chi connectivity index (χ4n) is 9.28. The summed E-state index contributed by atoms with van der Waals surface area (Å²) in [5.41, 5.74) is 4.97. The van der Waals surface area contributed by atoms with Crippen molar-refractivity contribution in [2.45, 2.75) is 39.5 Å². The smallest absolute Gasteiger partial charge is 0.240 e. The van der Waals surface area contributed by atoms with Crippen LogP contribution in [0.15, 0.2) is 133 Å². The average molecular weight is 649 g/mol. The molecule has 0 spiro atoms. The van der Waals surface area contributed by atoms with Gasteiger partial charge in [0.1, 0.15) is 0 Å². The van der Waals surface area contributed by atoms with Crippen LogP contribution in [0.2, 0.25) is 0 Å². The first-order valence-electron chi connectivity index (χ1n) is 17.7. The number of benzene rings is 7. The molecule has 10 rings (SSSR count). The molecule has 2 atom stereocenters. The third-order valence-electron chi connectivity index (χ3n) is 12.3. The van der Waals surface area contributed by atoms with Gasteiger partial charge in [0.25, 0.3) is 0 Å². The van der Waals surface area contributed by atoms with Gasteiger partial charge in [-0.15, -0.1) is 0 Å². The molecule has 1 saturated carbocycles. The molecule has 2 unspecified atom stereocenters. The Morgan fingerprint density at radius 3 is 1.54 bits per heavy atom. The Balaban J connectivity index is 1.09. The third-order valence-corrected chi connectivity index (χ3v) is 12.3. The Hall–Kier alpha value is -5.74. The molecule has 1 saturated heterocycles. The zero-order chi connectivity index (χ0) is 33.8. The number of fused-ring (bicyclic) bond motifs is 10. The van der Waals surface area contributed by atoms with Gasteiger partial charge in [0.05, 0.1) is 27.6 Å². The van der Waals surface area contributed by atoms with E-state index in [0.29, 0.717) is 5.69 Å². The van der Waals surface area contributed by atoms with Gasteiger partial charge < -0.3 is 4.57 Å². The molecule has 2 aliphatic rings. The minimum atomic E-state index is -0.633. The van der Waals surface area contributed by atoms with Crippen molar-refractivity contribution in [3.63, 3.8) is 0 Å². The van der Waals surface area contributed by atoms with E-state index in [4.69, 9.17) is 0 Å². The van der Waals surface area contributed by atoms with Gasteiger partial charge >= 0.3 is 0 Å². The highest BCUT2D eigenvalue weighted by Crippen LogP contribution is 2.57. The number of para-hydroxylation sites is 1. The Kier molecular flexibility index (Phi) is 6.06. The highest BCUT2D eigenvalue weighted by atomic mass is 16.2. The highest BCUT2D eigenvalue weighted by molar-refractivity contribution is 6.26. The van der Waals surface area contributed by atoms with Crippen LogP contribution in [0, 0.1) is 10.8 Å². The van der Waals surface area contributed by atoms with Gasteiger partial charge in [-0.1, -0.05) is 104 Å². The van der Waals surface area contributed by atoms with Crippen LogP contribution in [-0.4, -0.2) is 16.4 Å². The molecule has 4 heteroatoms. The Morgan fingerprint density at radius 2 is 0.920 bits per heavy atom. The molecule has 0 N–H and O–H groups in total. The minimum absolute atomic E-state index is 0.0541. The lowest BCUT2D eigenvalue weighted by atomic mass is 9.59. The second kappa shape index (κ2) is 10.4. The summed E-state index contributed by atoms with van der Waals surface area (Å²) in [4.78, 5) is 28.9. The van der Waals surface area contributed by atoms with E-state index in [2.05, 4.69) is 114 Å². The fourth-order valence-corrected chi connectivity index (χ4v) is 9.28. The van der Waals surface area contributed by atoms with Crippen LogP contribution in [-0.2, 0) is 9.59 Å². The number of rotatable bonds is 3. The summed E-state index contributed by atoms with van der Waals surface area (Å²) in [5.74, 6) is -0.108. The number of amides is 2. The van der Waals surface area contributed by atoms with Gasteiger partial charge in [0.2, 0.25) is 11.8 Å². The second-order valence-corrected chi connectivity index (χ2v) is 14.8. The summed E-state index contributed by atoms with van der Waals surface area (Å²) in [5, 5.41) is 9.96. The molecular formula is C46H36N2O2. The number of carbonyl (C=O) groups excluding carboxylic acids is 2. The van der Waals surface area contributed by atoms with Crippen LogP contribution in [0.25, 0.3) is 70.9 Å². The Morgan fingerprint density at radius 1 is 0.440 bits per heavy atom. The number of imide groups is 1. The highest BCUT2D eigenvalue weighted by Gasteiger charge is 2.64. The number of carbonyl (C=O) groups is 2. The van der Waals surface area contributed by atoms with Crippen LogP contribution in [0.1, 0.15) is 39.5 Å². The molecule has 0 bridgehead atoms. The van der Waals surface area contributed by atoms with Crippen molar-refractivity contribution in [3.8, 4) is 16.8 Å². The molecular weight excluding hydrogens is 613 g/mol. The molecule has 242 valence electrons. The van der Waals surface area contributed by atoms with Crippen molar-refractivity contribution in [2.24, 2.45) is 10.8 Å². The van der Waals surface area contributed by atoms with Crippen LogP contribution >= 0.6 is 0 Å². The summed E-state index contributed by atoms with van der Waals surface area (Å²) in [6, 6.07) is 47.6. The molecule has 1 aromatic heterocycles. The molecule has 4 nitrogen and oxygen atoms in total. The number of hydrogen-bond acceptors (Lipinski definition) is 2. The third kappa shape index (κ3) is 3.82. The molecule has 50 heavy (non-hydrogen) atoms. The summed E-state index contributed by atoms with van der Waals surface area (Å²) in [6.07, 6.45) is 3.52. The SMILES string of the molecule is CC12CCCCC1(C)C(=O)N(c1ccc(-c3ccc4c(c3)c3ccccc3n4-c3ccc4c5ccccc5c5ccccc5c4c3)cc1)C2=O. The average Bonchev–Trinajstić information content (AvgIpc) is 3.57. The van der Waals surface area contributed by atoms with E-state index in [1.807, 2.05) is 38.1 Å². The van der Waals surface area contributed by atoms with Crippen molar-refractivity contribution >= 4 is 71.6 Å². The first-order chi connectivity index (χ1) is 24.4. The second-order valence-electron chi connectivity index (χ2n) is 14.8. The van der Waals surface area contributed by atoms with Crippen molar-refractivity contribution in [1.82, 2.24) is 4.57 Å². The molecule has 2 amide bonds. The van der Waals surface area contributed by atoms with Crippen molar-refractivity contribution in [3.05, 3.63) is 133 Å². The van der Waals surface area contributed by atoms with E-state index in [-0.39, 0.29) is 11.8 Å². The van der Waals surface area contributed by atoms with Gasteiger partial charge in [-0.3, -0.25) is 9.59 Å². The lowest BCUT2D eigenvalue weighted by Gasteiger charge is -2.40. The van der Waals surface area contributed by atoms with Gasteiger partial charge in [0, 0.05) is 16.5 Å². The summed E-state index contributed by atoms with van der Waals surface area (Å²) in [6.45, 7) is 3.99. The van der Waals surface area contributed by atoms with Crippen LogP contribution in [0.5, 0.6) is 0 Å². The summed E-state index contributed by atoms with van der Waals surface area (Å²) < 4.78 is 2.38. The van der Waals surface area contributed by atoms with Gasteiger partial charge in [-0.05, 0) is 113 Å². The van der Waals surface area contributed by atoms with Crippen molar-refractivity contribution < 1.29 is 9.59 Å². The normalized spacial score (nSPS) is 20.9. The lowest BCUT2D eigenvalue weighted by Crippen LogP contribution is -2.42. The zero-order valence-electron chi connectivity index (χ0n) is 28.2. The maximum absolute atomic E-state index is 13.7. The fraction of sp³-hybridized carbons (Fsp3) is 0.174. The largest absolute Gasteiger partial charge is 0.309 e. The molecule has 1 aliphatic carbocycles. The predicted molar refractivity (Wildman–Crippen MR) is 206 cm³/mol. The maximum atomic E-state index is 13.7. The maximum Gasteiger partial charge on any atom is 0.240 e. The topological polar surface area (TPSA) is 42.3 Å². The van der Waals surface area contributed by atoms with Gasteiger partial charge in [0.15, 0.2) is 0 Å². The Labute approximate surface area is 290 Å². The quantitative estimate of drug-likeness (QED) is 0.141. The van der Waals surface area contributed by atoms with Crippen molar-refractivity contribution in [1.29, 1.82) is 0 Å².